The standard InChI is InChI=1S/C7H5BrFIO/c1-11-6-3-4(10)2-5(8)7(6)9/h2-3H,1H3. The summed E-state index contributed by atoms with van der Waals surface area (Å²) in [6.07, 6.45) is 0. The van der Waals surface area contributed by atoms with E-state index in [4.69, 9.17) is 4.74 Å². The number of methoxy groups -OCH3 is 1. The zero-order valence-corrected chi connectivity index (χ0v) is 9.44. The summed E-state index contributed by atoms with van der Waals surface area (Å²) < 4.78 is 19.2. The third-order valence-electron chi connectivity index (χ3n) is 1.18. The largest absolute Gasteiger partial charge is 0.494 e. The van der Waals surface area contributed by atoms with Crippen molar-refractivity contribution in [2.24, 2.45) is 0 Å². The molecule has 0 amide bonds. The summed E-state index contributed by atoms with van der Waals surface area (Å²) in [5.74, 6) is -0.0864. The van der Waals surface area contributed by atoms with Gasteiger partial charge in [-0.05, 0) is 50.7 Å². The van der Waals surface area contributed by atoms with Crippen molar-refractivity contribution in [3.05, 3.63) is 26.0 Å². The highest BCUT2D eigenvalue weighted by molar-refractivity contribution is 14.1. The van der Waals surface area contributed by atoms with E-state index >= 15 is 0 Å². The van der Waals surface area contributed by atoms with E-state index in [-0.39, 0.29) is 11.6 Å². The summed E-state index contributed by atoms with van der Waals surface area (Å²) in [5, 5.41) is 0. The lowest BCUT2D eigenvalue weighted by atomic mass is 10.3. The molecule has 1 aromatic carbocycles. The summed E-state index contributed by atoms with van der Waals surface area (Å²) >= 11 is 5.17. The molecule has 1 nitrogen and oxygen atoms in total. The Bertz CT molecular complexity index is 277. The molecule has 11 heavy (non-hydrogen) atoms. The Balaban J connectivity index is 3.24. The lowest BCUT2D eigenvalue weighted by Crippen LogP contribution is -1.89. The van der Waals surface area contributed by atoms with Gasteiger partial charge in [0.05, 0.1) is 11.6 Å². The number of hydrogen-bond acceptors (Lipinski definition) is 1. The summed E-state index contributed by atoms with van der Waals surface area (Å²) in [6.45, 7) is 0. The Morgan fingerprint density at radius 1 is 1.55 bits per heavy atom. The van der Waals surface area contributed by atoms with E-state index in [1.807, 2.05) is 0 Å². The van der Waals surface area contributed by atoms with Crippen LogP contribution in [0.2, 0.25) is 0 Å². The van der Waals surface area contributed by atoms with Gasteiger partial charge in [0, 0.05) is 3.57 Å². The van der Waals surface area contributed by atoms with E-state index in [1.54, 1.807) is 12.1 Å². The molecule has 0 aliphatic heterocycles. The van der Waals surface area contributed by atoms with Crippen LogP contribution in [0.1, 0.15) is 0 Å². The lowest BCUT2D eigenvalue weighted by molar-refractivity contribution is 0.385. The van der Waals surface area contributed by atoms with E-state index < -0.39 is 0 Å². The second-order valence-corrected chi connectivity index (χ2v) is 4.00. The van der Waals surface area contributed by atoms with Crippen molar-refractivity contribution in [2.45, 2.75) is 0 Å². The summed E-state index contributed by atoms with van der Waals surface area (Å²) in [4.78, 5) is 0. The highest BCUT2D eigenvalue weighted by Crippen LogP contribution is 2.27. The van der Waals surface area contributed by atoms with Gasteiger partial charge in [-0.25, -0.2) is 4.39 Å². The minimum atomic E-state index is -0.354. The van der Waals surface area contributed by atoms with Crippen LogP contribution in [0.4, 0.5) is 4.39 Å². The summed E-state index contributed by atoms with van der Waals surface area (Å²) in [7, 11) is 1.45. The Hall–Kier alpha value is 0.160. The quantitative estimate of drug-likeness (QED) is 0.567. The zero-order valence-electron chi connectivity index (χ0n) is 5.70. The van der Waals surface area contributed by atoms with Crippen LogP contribution in [0, 0.1) is 9.39 Å². The molecule has 1 aromatic rings. The second-order valence-electron chi connectivity index (χ2n) is 1.90. The molecule has 4 heteroatoms. The fraction of sp³-hybridized carbons (Fsp3) is 0.143. The van der Waals surface area contributed by atoms with Crippen LogP contribution >= 0.6 is 38.5 Å². The van der Waals surface area contributed by atoms with Crippen LogP contribution in [0.15, 0.2) is 16.6 Å². The molecule has 0 saturated heterocycles. The first-order valence-corrected chi connectivity index (χ1v) is 4.71. The molecule has 0 aliphatic carbocycles. The number of halogens is 3. The summed E-state index contributed by atoms with van der Waals surface area (Å²) in [5.41, 5.74) is 0. The molecular formula is C7H5BrFIO. The maximum atomic E-state index is 13.0. The highest BCUT2D eigenvalue weighted by atomic mass is 127. The number of rotatable bonds is 1. The Kier molecular flexibility index (Phi) is 3.12. The van der Waals surface area contributed by atoms with E-state index in [0.717, 1.165) is 3.57 Å². The normalized spacial score (nSPS) is 9.82. The average molecular weight is 331 g/mol. The average Bonchev–Trinajstić information content (AvgIpc) is 1.96. The van der Waals surface area contributed by atoms with Gasteiger partial charge < -0.3 is 4.74 Å². The monoisotopic (exact) mass is 330 g/mol. The Morgan fingerprint density at radius 2 is 2.18 bits per heavy atom. The molecule has 60 valence electrons. The molecule has 0 radical (unpaired) electrons. The van der Waals surface area contributed by atoms with Gasteiger partial charge in [0.1, 0.15) is 0 Å². The number of benzene rings is 1. The van der Waals surface area contributed by atoms with Crippen molar-refractivity contribution >= 4 is 38.5 Å². The molecule has 1 rings (SSSR count). The van der Waals surface area contributed by atoms with Crippen LogP contribution in [0.25, 0.3) is 0 Å². The predicted molar refractivity (Wildman–Crippen MR) is 53.4 cm³/mol. The van der Waals surface area contributed by atoms with Gasteiger partial charge in [-0.15, -0.1) is 0 Å². The van der Waals surface area contributed by atoms with E-state index in [9.17, 15) is 4.39 Å². The molecule has 0 atom stereocenters. The fourth-order valence-corrected chi connectivity index (χ4v) is 2.15. The first-order valence-electron chi connectivity index (χ1n) is 2.83. The minimum absolute atomic E-state index is 0.267. The van der Waals surface area contributed by atoms with Crippen LogP contribution in [0.5, 0.6) is 5.75 Å². The van der Waals surface area contributed by atoms with Gasteiger partial charge in [0.2, 0.25) is 0 Å². The molecule has 0 heterocycles. The molecule has 0 bridgehead atoms. The minimum Gasteiger partial charge on any atom is -0.494 e. The first kappa shape index (κ1) is 9.25. The lowest BCUT2D eigenvalue weighted by Gasteiger charge is -2.03. The third kappa shape index (κ3) is 2.05. The van der Waals surface area contributed by atoms with E-state index in [2.05, 4.69) is 38.5 Å². The molecule has 0 fully saturated rings. The third-order valence-corrected chi connectivity index (χ3v) is 2.38. The second kappa shape index (κ2) is 3.71. The predicted octanol–water partition coefficient (Wildman–Crippen LogP) is 3.20. The van der Waals surface area contributed by atoms with Crippen LogP contribution in [-0.2, 0) is 0 Å². The van der Waals surface area contributed by atoms with Gasteiger partial charge in [-0.2, -0.15) is 0 Å². The van der Waals surface area contributed by atoms with Crippen molar-refractivity contribution < 1.29 is 9.13 Å². The van der Waals surface area contributed by atoms with Crippen molar-refractivity contribution in [1.82, 2.24) is 0 Å². The number of ether oxygens (including phenoxy) is 1. The molecule has 0 unspecified atom stereocenters. The van der Waals surface area contributed by atoms with Crippen molar-refractivity contribution in [1.29, 1.82) is 0 Å². The van der Waals surface area contributed by atoms with Crippen LogP contribution in [-0.4, -0.2) is 7.11 Å². The maximum absolute atomic E-state index is 13.0. The maximum Gasteiger partial charge on any atom is 0.179 e. The first-order chi connectivity index (χ1) is 5.15. The van der Waals surface area contributed by atoms with Crippen LogP contribution < -0.4 is 4.74 Å². The van der Waals surface area contributed by atoms with Crippen molar-refractivity contribution in [2.75, 3.05) is 7.11 Å². The van der Waals surface area contributed by atoms with Gasteiger partial charge in [0.25, 0.3) is 0 Å². The molecule has 0 aromatic heterocycles. The molecular weight excluding hydrogens is 326 g/mol. The van der Waals surface area contributed by atoms with E-state index in [1.165, 1.54) is 7.11 Å². The molecule has 0 spiro atoms. The van der Waals surface area contributed by atoms with Gasteiger partial charge in [-0.3, -0.25) is 0 Å². The van der Waals surface area contributed by atoms with E-state index in [0.29, 0.717) is 4.47 Å². The number of hydrogen-bond donors (Lipinski definition) is 0. The topological polar surface area (TPSA) is 9.23 Å². The molecule has 0 saturated carbocycles. The SMILES string of the molecule is COc1cc(I)cc(Br)c1F. The van der Waals surface area contributed by atoms with Gasteiger partial charge in [-0.1, -0.05) is 0 Å². The summed E-state index contributed by atoms with van der Waals surface area (Å²) in [6, 6.07) is 3.33. The van der Waals surface area contributed by atoms with Gasteiger partial charge >= 0.3 is 0 Å². The van der Waals surface area contributed by atoms with Crippen molar-refractivity contribution in [3.63, 3.8) is 0 Å². The Labute approximate surface area is 86.2 Å². The van der Waals surface area contributed by atoms with Gasteiger partial charge in [0.15, 0.2) is 11.6 Å². The van der Waals surface area contributed by atoms with Crippen molar-refractivity contribution in [3.8, 4) is 5.75 Å². The Morgan fingerprint density at radius 3 is 2.73 bits per heavy atom. The fourth-order valence-electron chi connectivity index (χ4n) is 0.681. The highest BCUT2D eigenvalue weighted by Gasteiger charge is 2.07. The zero-order chi connectivity index (χ0) is 8.43. The molecule has 0 N–H and O–H groups in total. The smallest absolute Gasteiger partial charge is 0.179 e. The van der Waals surface area contributed by atoms with Crippen LogP contribution in [0.3, 0.4) is 0 Å². The molecule has 0 aliphatic rings.